The number of aromatic hydroxyl groups is 1. The summed E-state index contributed by atoms with van der Waals surface area (Å²) in [5.74, 6) is -5.89. The summed E-state index contributed by atoms with van der Waals surface area (Å²) >= 11 is 14.5. The molecule has 202 valence electrons. The number of hydrogen-bond acceptors (Lipinski definition) is 6. The lowest BCUT2D eigenvalue weighted by Crippen LogP contribution is -2.60. The van der Waals surface area contributed by atoms with Crippen LogP contribution >= 0.6 is 23.2 Å². The van der Waals surface area contributed by atoms with Crippen molar-refractivity contribution in [3.63, 3.8) is 0 Å². The van der Waals surface area contributed by atoms with Gasteiger partial charge in [0.2, 0.25) is 11.8 Å². The molecule has 2 heterocycles. The first kappa shape index (κ1) is 25.8. The molecular formula is C28H23Cl2FN2O6. The molecule has 11 heteroatoms. The van der Waals surface area contributed by atoms with Crippen molar-refractivity contribution in [2.24, 2.45) is 17.8 Å². The van der Waals surface area contributed by atoms with Crippen LogP contribution in [0.3, 0.4) is 0 Å². The number of likely N-dealkylation sites (tertiary alicyclic amines) is 1. The Balaban J connectivity index is 1.60. The van der Waals surface area contributed by atoms with Crippen LogP contribution in [0.2, 0.25) is 0 Å². The smallest absolute Gasteiger partial charge is 0.258 e. The van der Waals surface area contributed by atoms with Crippen molar-refractivity contribution in [2.75, 3.05) is 19.1 Å². The molecule has 39 heavy (non-hydrogen) atoms. The number of anilines is 1. The van der Waals surface area contributed by atoms with Crippen molar-refractivity contribution < 1.29 is 33.4 Å². The number of nitrogens with zero attached hydrogens (tertiary/aromatic N) is 2. The number of alkyl halides is 2. The predicted octanol–water partition coefficient (Wildman–Crippen LogP) is 3.73. The zero-order valence-corrected chi connectivity index (χ0v) is 22.4. The van der Waals surface area contributed by atoms with Crippen LogP contribution in [-0.4, -0.2) is 57.5 Å². The Morgan fingerprint density at radius 3 is 2.36 bits per heavy atom. The monoisotopic (exact) mass is 572 g/mol. The Labute approximate surface area is 232 Å². The van der Waals surface area contributed by atoms with Gasteiger partial charge in [-0.3, -0.25) is 24.1 Å². The molecule has 6 atom stereocenters. The predicted molar refractivity (Wildman–Crippen MR) is 139 cm³/mol. The fourth-order valence-electron chi connectivity index (χ4n) is 6.84. The van der Waals surface area contributed by atoms with Gasteiger partial charge < -0.3 is 9.84 Å². The number of amides is 4. The van der Waals surface area contributed by atoms with Crippen LogP contribution in [0.15, 0.2) is 54.1 Å². The summed E-state index contributed by atoms with van der Waals surface area (Å²) in [6, 6.07) is 9.11. The summed E-state index contributed by atoms with van der Waals surface area (Å²) in [6.07, 6.45) is 1.89. The summed E-state index contributed by atoms with van der Waals surface area (Å²) < 4.78 is 19.2. The van der Waals surface area contributed by atoms with Gasteiger partial charge in [0.05, 0.1) is 24.6 Å². The largest absolute Gasteiger partial charge is 0.508 e. The molecular weight excluding hydrogens is 550 g/mol. The number of benzene rings is 2. The summed E-state index contributed by atoms with van der Waals surface area (Å²) in [5.41, 5.74) is 1.08. The van der Waals surface area contributed by atoms with E-state index in [0.29, 0.717) is 11.1 Å². The minimum Gasteiger partial charge on any atom is -0.508 e. The number of imide groups is 2. The Morgan fingerprint density at radius 1 is 1.00 bits per heavy atom. The second-order valence-corrected chi connectivity index (χ2v) is 11.7. The van der Waals surface area contributed by atoms with Crippen LogP contribution in [0.4, 0.5) is 10.1 Å². The lowest BCUT2D eigenvalue weighted by atomic mass is 9.56. The second-order valence-electron chi connectivity index (χ2n) is 10.4. The molecule has 0 unspecified atom stereocenters. The standard InChI is InChI=1S/C28H23Cl2FN2O6/c1-32-23(35)18-10-9-16-19(21(18)24(32)36)12-27(29)25(37)33(14-5-3-13(31)4-6-14)26(38)28(27,30)22(16)17-8-7-15(34)11-20(17)39-2/h3-9,11,18-19,21-22,34H,10,12H2,1-2H3/t18-,19+,21-,22+,27+,28-/m0/s1. The number of phenols is 1. The molecule has 2 saturated heterocycles. The van der Waals surface area contributed by atoms with E-state index in [1.807, 2.05) is 6.08 Å². The molecule has 6 rings (SSSR count). The lowest BCUT2D eigenvalue weighted by Gasteiger charge is -2.50. The first-order valence-corrected chi connectivity index (χ1v) is 13.1. The maximum absolute atomic E-state index is 14.2. The van der Waals surface area contributed by atoms with Crippen LogP contribution in [0.25, 0.3) is 0 Å². The summed E-state index contributed by atoms with van der Waals surface area (Å²) in [7, 11) is 2.81. The van der Waals surface area contributed by atoms with Gasteiger partial charge in [0.1, 0.15) is 17.3 Å². The lowest BCUT2D eigenvalue weighted by molar-refractivity contribution is -0.138. The maximum Gasteiger partial charge on any atom is 0.258 e. The molecule has 0 spiro atoms. The number of ether oxygens (including phenoxy) is 1. The molecule has 1 saturated carbocycles. The molecule has 2 aliphatic heterocycles. The van der Waals surface area contributed by atoms with Crippen molar-refractivity contribution in [3.05, 3.63) is 65.5 Å². The number of hydrogen-bond donors (Lipinski definition) is 1. The van der Waals surface area contributed by atoms with Gasteiger partial charge in [-0.2, -0.15) is 0 Å². The minimum atomic E-state index is -2.07. The number of rotatable bonds is 3. The van der Waals surface area contributed by atoms with E-state index in [4.69, 9.17) is 27.9 Å². The molecule has 0 radical (unpaired) electrons. The average Bonchev–Trinajstić information content (AvgIpc) is 3.22. The third kappa shape index (κ3) is 3.23. The zero-order chi connectivity index (χ0) is 28.0. The van der Waals surface area contributed by atoms with Gasteiger partial charge in [0.25, 0.3) is 11.8 Å². The van der Waals surface area contributed by atoms with Crippen LogP contribution in [-0.2, 0) is 19.2 Å². The second kappa shape index (κ2) is 8.53. The molecule has 0 bridgehead atoms. The number of allylic oxidation sites excluding steroid dienone is 2. The topological polar surface area (TPSA) is 104 Å². The highest BCUT2D eigenvalue weighted by Gasteiger charge is 2.76. The zero-order valence-electron chi connectivity index (χ0n) is 20.9. The van der Waals surface area contributed by atoms with Crippen molar-refractivity contribution in [1.82, 2.24) is 4.90 Å². The van der Waals surface area contributed by atoms with Gasteiger partial charge in [-0.05, 0) is 49.1 Å². The van der Waals surface area contributed by atoms with E-state index in [9.17, 15) is 28.7 Å². The Kier molecular flexibility index (Phi) is 5.65. The highest BCUT2D eigenvalue weighted by Crippen LogP contribution is 2.66. The van der Waals surface area contributed by atoms with Crippen LogP contribution in [0.5, 0.6) is 11.5 Å². The molecule has 8 nitrogen and oxygen atoms in total. The summed E-state index contributed by atoms with van der Waals surface area (Å²) in [4.78, 5) is 52.3. The Hall–Kier alpha value is -3.43. The molecule has 0 aromatic heterocycles. The number of phenolic OH excluding ortho intramolecular Hbond substituents is 1. The molecule has 2 aromatic carbocycles. The van der Waals surface area contributed by atoms with Crippen LogP contribution in [0, 0.1) is 23.6 Å². The molecule has 4 aliphatic rings. The maximum atomic E-state index is 14.2. The molecule has 4 amide bonds. The number of fused-ring (bicyclic) bond motifs is 4. The van der Waals surface area contributed by atoms with E-state index in [1.54, 1.807) is 6.07 Å². The van der Waals surface area contributed by atoms with Gasteiger partial charge >= 0.3 is 0 Å². The molecule has 2 aliphatic carbocycles. The van der Waals surface area contributed by atoms with Gasteiger partial charge in [-0.1, -0.05) is 17.7 Å². The van der Waals surface area contributed by atoms with Crippen molar-refractivity contribution in [1.29, 1.82) is 0 Å². The van der Waals surface area contributed by atoms with Crippen LogP contribution in [0.1, 0.15) is 24.3 Å². The van der Waals surface area contributed by atoms with Gasteiger partial charge in [-0.15, -0.1) is 23.2 Å². The van der Waals surface area contributed by atoms with Crippen molar-refractivity contribution in [3.8, 4) is 11.5 Å². The van der Waals surface area contributed by atoms with E-state index in [-0.39, 0.29) is 41.8 Å². The minimum absolute atomic E-state index is 0.0960. The first-order chi connectivity index (χ1) is 18.5. The Morgan fingerprint density at radius 2 is 1.69 bits per heavy atom. The Bertz CT molecular complexity index is 1500. The first-order valence-electron chi connectivity index (χ1n) is 12.4. The third-order valence-electron chi connectivity index (χ3n) is 8.64. The highest BCUT2D eigenvalue weighted by atomic mass is 35.5. The van der Waals surface area contributed by atoms with Gasteiger partial charge in [-0.25, -0.2) is 9.29 Å². The van der Waals surface area contributed by atoms with E-state index < -0.39 is 51.1 Å². The van der Waals surface area contributed by atoms with Gasteiger partial charge in [0.15, 0.2) is 9.75 Å². The van der Waals surface area contributed by atoms with Gasteiger partial charge in [0, 0.05) is 24.6 Å². The van der Waals surface area contributed by atoms with Crippen molar-refractivity contribution in [2.45, 2.75) is 28.5 Å². The molecule has 2 aromatic rings. The number of carbonyl (C=O) groups excluding carboxylic acids is 4. The fraction of sp³-hybridized carbons (Fsp3) is 0.357. The highest BCUT2D eigenvalue weighted by molar-refractivity contribution is 6.58. The van der Waals surface area contributed by atoms with E-state index in [1.165, 1.54) is 38.4 Å². The van der Waals surface area contributed by atoms with E-state index >= 15 is 0 Å². The van der Waals surface area contributed by atoms with Crippen molar-refractivity contribution >= 4 is 52.5 Å². The SMILES string of the molecule is COc1cc(O)ccc1[C@H]1C2=CC[C@@H]3C(=O)N(C)C(=O)[C@@H]3[C@@H]2C[C@@]2(Cl)C(=O)N(c3ccc(F)cc3)C(=O)[C@@]12Cl. The summed E-state index contributed by atoms with van der Waals surface area (Å²) in [6.45, 7) is 0. The fourth-order valence-corrected chi connectivity index (χ4v) is 7.77. The molecule has 3 fully saturated rings. The molecule has 1 N–H and O–H groups in total. The number of methoxy groups -OCH3 is 1. The summed E-state index contributed by atoms with van der Waals surface area (Å²) in [5, 5.41) is 10.1. The number of carbonyl (C=O) groups is 4. The average molecular weight is 573 g/mol. The quantitative estimate of drug-likeness (QED) is 0.341. The van der Waals surface area contributed by atoms with Crippen LogP contribution < -0.4 is 9.64 Å². The third-order valence-corrected chi connectivity index (χ3v) is 10.1. The normalized spacial score (nSPS) is 33.6. The number of halogens is 3. The van der Waals surface area contributed by atoms with E-state index in [2.05, 4.69) is 0 Å². The van der Waals surface area contributed by atoms with E-state index in [0.717, 1.165) is 21.9 Å².